The molecule has 4 rings (SSSR count). The predicted molar refractivity (Wildman–Crippen MR) is 100 cm³/mol. The fourth-order valence-electron chi connectivity index (χ4n) is 2.49. The molecule has 0 unspecified atom stereocenters. The van der Waals surface area contributed by atoms with Gasteiger partial charge in [-0.15, -0.1) is 11.3 Å². The lowest BCUT2D eigenvalue weighted by Gasteiger charge is -2.04. The molecule has 26 heavy (non-hydrogen) atoms. The number of nitrogens with one attached hydrogen (secondary N) is 1. The molecule has 3 heterocycles. The summed E-state index contributed by atoms with van der Waals surface area (Å²) in [6.07, 6.45) is 6.07. The second kappa shape index (κ2) is 6.74. The molecule has 4 aromatic rings. The summed E-state index contributed by atoms with van der Waals surface area (Å²) < 4.78 is 3.00. The maximum Gasteiger partial charge on any atom is 0.271 e. The lowest BCUT2D eigenvalue weighted by atomic mass is 10.2. The van der Waals surface area contributed by atoms with E-state index in [1.54, 1.807) is 22.5 Å². The molecule has 0 radical (unpaired) electrons. The first-order valence-electron chi connectivity index (χ1n) is 7.64. The monoisotopic (exact) mass is 385 g/mol. The standard InChI is InChI=1S/C17H12ClN5O2S/c18-14-4-2-1-3-11(14)9-22-10-12(7-20-22)21-15(24)13-8-19-17-23(16(13)25)5-6-26-17/h1-8,10H,9H2,(H,21,24). The molecule has 1 N–H and O–H groups in total. The number of amides is 1. The summed E-state index contributed by atoms with van der Waals surface area (Å²) in [5.74, 6) is -0.527. The minimum Gasteiger partial charge on any atom is -0.319 e. The SMILES string of the molecule is O=C(Nc1cnn(Cc2ccccc2Cl)c1)c1cnc2sccn2c1=O. The Labute approximate surface area is 156 Å². The number of hydrogen-bond acceptors (Lipinski definition) is 5. The number of benzene rings is 1. The molecule has 1 amide bonds. The van der Waals surface area contributed by atoms with Gasteiger partial charge in [-0.05, 0) is 11.6 Å². The van der Waals surface area contributed by atoms with Gasteiger partial charge in [0.15, 0.2) is 4.96 Å². The van der Waals surface area contributed by atoms with Crippen molar-refractivity contribution in [3.63, 3.8) is 0 Å². The number of halogens is 1. The van der Waals surface area contributed by atoms with E-state index in [0.29, 0.717) is 22.2 Å². The number of fused-ring (bicyclic) bond motifs is 1. The van der Waals surface area contributed by atoms with Crippen LogP contribution in [0.1, 0.15) is 15.9 Å². The zero-order chi connectivity index (χ0) is 18.1. The number of hydrogen-bond donors (Lipinski definition) is 1. The highest BCUT2D eigenvalue weighted by molar-refractivity contribution is 7.15. The van der Waals surface area contributed by atoms with Gasteiger partial charge >= 0.3 is 0 Å². The van der Waals surface area contributed by atoms with Gasteiger partial charge in [-0.25, -0.2) is 4.98 Å². The molecule has 0 fully saturated rings. The van der Waals surface area contributed by atoms with Gasteiger partial charge in [0, 0.05) is 29.0 Å². The maximum absolute atomic E-state index is 12.4. The minimum absolute atomic E-state index is 0.0280. The third-order valence-electron chi connectivity index (χ3n) is 3.77. The Balaban J connectivity index is 1.53. The van der Waals surface area contributed by atoms with Crippen molar-refractivity contribution in [3.8, 4) is 0 Å². The van der Waals surface area contributed by atoms with E-state index in [1.165, 1.54) is 28.1 Å². The minimum atomic E-state index is -0.527. The van der Waals surface area contributed by atoms with Gasteiger partial charge in [-0.3, -0.25) is 18.7 Å². The third-order valence-corrected chi connectivity index (χ3v) is 4.91. The number of carbonyl (C=O) groups is 1. The number of aromatic nitrogens is 4. The van der Waals surface area contributed by atoms with E-state index < -0.39 is 11.5 Å². The fourth-order valence-corrected chi connectivity index (χ4v) is 3.37. The average Bonchev–Trinajstić information content (AvgIpc) is 3.27. The normalized spacial score (nSPS) is 11.0. The quantitative estimate of drug-likeness (QED) is 0.585. The maximum atomic E-state index is 12.4. The smallest absolute Gasteiger partial charge is 0.271 e. The van der Waals surface area contributed by atoms with Gasteiger partial charge in [-0.2, -0.15) is 5.10 Å². The fraction of sp³-hybridized carbons (Fsp3) is 0.0588. The van der Waals surface area contributed by atoms with Gasteiger partial charge in [0.2, 0.25) is 0 Å². The molecular weight excluding hydrogens is 374 g/mol. The average molecular weight is 386 g/mol. The summed E-state index contributed by atoms with van der Waals surface area (Å²) >= 11 is 7.47. The van der Waals surface area contributed by atoms with E-state index in [0.717, 1.165) is 5.56 Å². The molecule has 0 spiro atoms. The van der Waals surface area contributed by atoms with Crippen LogP contribution in [0.25, 0.3) is 4.96 Å². The first kappa shape index (κ1) is 16.5. The lowest BCUT2D eigenvalue weighted by Crippen LogP contribution is -2.25. The Hall–Kier alpha value is -2.97. The van der Waals surface area contributed by atoms with Crippen molar-refractivity contribution in [2.75, 3.05) is 5.32 Å². The van der Waals surface area contributed by atoms with Gasteiger partial charge < -0.3 is 5.32 Å². The Morgan fingerprint density at radius 2 is 2.12 bits per heavy atom. The molecule has 7 nitrogen and oxygen atoms in total. The first-order valence-corrected chi connectivity index (χ1v) is 8.89. The predicted octanol–water partition coefficient (Wildman–Crippen LogP) is 2.91. The molecule has 0 bridgehead atoms. The molecular formula is C17H12ClN5O2S. The van der Waals surface area contributed by atoms with Crippen LogP contribution in [0, 0.1) is 0 Å². The van der Waals surface area contributed by atoms with Crippen molar-refractivity contribution in [2.45, 2.75) is 6.54 Å². The summed E-state index contributed by atoms with van der Waals surface area (Å²) in [5.41, 5.74) is 0.967. The van der Waals surface area contributed by atoms with Crippen molar-refractivity contribution >= 4 is 39.5 Å². The number of thiazole rings is 1. The zero-order valence-corrected chi connectivity index (χ0v) is 14.9. The van der Waals surface area contributed by atoms with Crippen LogP contribution in [-0.2, 0) is 6.54 Å². The Morgan fingerprint density at radius 1 is 1.27 bits per heavy atom. The van der Waals surface area contributed by atoms with Gasteiger partial charge in [-0.1, -0.05) is 29.8 Å². The summed E-state index contributed by atoms with van der Waals surface area (Å²) in [4.78, 5) is 29.4. The van der Waals surface area contributed by atoms with Gasteiger partial charge in [0.1, 0.15) is 5.56 Å². The molecule has 0 saturated heterocycles. The molecule has 0 saturated carbocycles. The van der Waals surface area contributed by atoms with E-state index in [9.17, 15) is 9.59 Å². The zero-order valence-electron chi connectivity index (χ0n) is 13.3. The summed E-state index contributed by atoms with van der Waals surface area (Å²) in [6.45, 7) is 0.473. The van der Waals surface area contributed by atoms with Crippen LogP contribution in [0.5, 0.6) is 0 Å². The van der Waals surface area contributed by atoms with Crippen LogP contribution >= 0.6 is 22.9 Å². The molecule has 9 heteroatoms. The molecule has 1 aromatic carbocycles. The largest absolute Gasteiger partial charge is 0.319 e. The van der Waals surface area contributed by atoms with E-state index in [2.05, 4.69) is 15.4 Å². The second-order valence-corrected chi connectivity index (χ2v) is 6.78. The van der Waals surface area contributed by atoms with Crippen molar-refractivity contribution in [1.29, 1.82) is 0 Å². The van der Waals surface area contributed by atoms with Crippen molar-refractivity contribution in [2.24, 2.45) is 0 Å². The van der Waals surface area contributed by atoms with Crippen LogP contribution in [-0.4, -0.2) is 25.1 Å². The summed E-state index contributed by atoms with van der Waals surface area (Å²) in [6, 6.07) is 7.47. The molecule has 0 atom stereocenters. The van der Waals surface area contributed by atoms with Crippen LogP contribution in [0.2, 0.25) is 5.02 Å². The van der Waals surface area contributed by atoms with Crippen molar-refractivity contribution in [1.82, 2.24) is 19.2 Å². The van der Waals surface area contributed by atoms with Gasteiger partial charge in [0.25, 0.3) is 11.5 Å². The van der Waals surface area contributed by atoms with Gasteiger partial charge in [0.05, 0.1) is 18.4 Å². The van der Waals surface area contributed by atoms with Crippen LogP contribution in [0.4, 0.5) is 5.69 Å². The second-order valence-electron chi connectivity index (χ2n) is 5.50. The number of rotatable bonds is 4. The van der Waals surface area contributed by atoms with Crippen LogP contribution < -0.4 is 10.9 Å². The number of carbonyl (C=O) groups excluding carboxylic acids is 1. The summed E-state index contributed by atoms with van der Waals surface area (Å²) in [7, 11) is 0. The molecule has 0 aliphatic rings. The molecule has 3 aromatic heterocycles. The lowest BCUT2D eigenvalue weighted by molar-refractivity contribution is 0.102. The van der Waals surface area contributed by atoms with Crippen molar-refractivity contribution < 1.29 is 4.79 Å². The summed E-state index contributed by atoms with van der Waals surface area (Å²) in [5, 5.41) is 9.27. The van der Waals surface area contributed by atoms with Crippen LogP contribution in [0.3, 0.4) is 0 Å². The first-order chi connectivity index (χ1) is 12.6. The van der Waals surface area contributed by atoms with Crippen molar-refractivity contribution in [3.05, 3.63) is 80.9 Å². The topological polar surface area (TPSA) is 81.3 Å². The highest BCUT2D eigenvalue weighted by Crippen LogP contribution is 2.17. The Bertz CT molecular complexity index is 1160. The van der Waals surface area contributed by atoms with E-state index in [1.807, 2.05) is 24.3 Å². The van der Waals surface area contributed by atoms with E-state index >= 15 is 0 Å². The van der Waals surface area contributed by atoms with E-state index in [-0.39, 0.29) is 5.56 Å². The molecule has 0 aliphatic heterocycles. The highest BCUT2D eigenvalue weighted by atomic mass is 35.5. The number of anilines is 1. The Kier molecular flexibility index (Phi) is 4.27. The highest BCUT2D eigenvalue weighted by Gasteiger charge is 2.15. The molecule has 0 aliphatic carbocycles. The number of nitrogens with zero attached hydrogens (tertiary/aromatic N) is 4. The van der Waals surface area contributed by atoms with Crippen LogP contribution in [0.15, 0.2) is 59.2 Å². The molecule has 130 valence electrons. The third kappa shape index (κ3) is 3.12. The van der Waals surface area contributed by atoms with E-state index in [4.69, 9.17) is 11.6 Å². The Morgan fingerprint density at radius 3 is 2.96 bits per heavy atom.